The molecule has 2 aromatic rings. The number of amides is 1. The summed E-state index contributed by atoms with van der Waals surface area (Å²) in [5.41, 5.74) is 2.66. The highest BCUT2D eigenvalue weighted by Crippen LogP contribution is 2.52. The van der Waals surface area contributed by atoms with E-state index in [4.69, 9.17) is 9.47 Å². The number of nitrogens with zero attached hydrogens (tertiary/aromatic N) is 1. The Balaban J connectivity index is 0.000000723. The summed E-state index contributed by atoms with van der Waals surface area (Å²) in [6.45, 7) is 16.1. The average molecular weight is 660 g/mol. The van der Waals surface area contributed by atoms with E-state index in [1.54, 1.807) is 7.11 Å². The minimum Gasteiger partial charge on any atom is -0.496 e. The Kier molecular flexibility index (Phi) is 16.3. The lowest BCUT2D eigenvalue weighted by molar-refractivity contribution is -0.138. The van der Waals surface area contributed by atoms with Crippen molar-refractivity contribution in [2.75, 3.05) is 33.9 Å². The van der Waals surface area contributed by atoms with E-state index < -0.39 is 17.7 Å². The zero-order chi connectivity index (χ0) is 34.4. The summed E-state index contributed by atoms with van der Waals surface area (Å²) in [6.07, 6.45) is 5.62. The maximum atomic E-state index is 14.2. The van der Waals surface area contributed by atoms with Crippen molar-refractivity contribution < 1.29 is 27.4 Å². The van der Waals surface area contributed by atoms with Crippen molar-refractivity contribution in [2.24, 2.45) is 17.8 Å². The van der Waals surface area contributed by atoms with Crippen LogP contribution in [0.2, 0.25) is 0 Å². The van der Waals surface area contributed by atoms with Gasteiger partial charge in [0, 0.05) is 44.2 Å². The zero-order valence-electron chi connectivity index (χ0n) is 28.6. The molecule has 1 heterocycles. The summed E-state index contributed by atoms with van der Waals surface area (Å²) in [5.74, 6) is -0.0177. The fourth-order valence-corrected chi connectivity index (χ4v) is 6.03. The minimum absolute atomic E-state index is 0.0384. The predicted octanol–water partition coefficient (Wildman–Crippen LogP) is 9.48. The van der Waals surface area contributed by atoms with Crippen molar-refractivity contribution in [1.82, 2.24) is 4.90 Å². The van der Waals surface area contributed by atoms with Crippen molar-refractivity contribution in [1.29, 1.82) is 0 Å². The van der Waals surface area contributed by atoms with Crippen LogP contribution in [0.15, 0.2) is 72.8 Å². The van der Waals surface area contributed by atoms with Crippen LogP contribution in [0.4, 0.5) is 13.2 Å². The van der Waals surface area contributed by atoms with Gasteiger partial charge in [-0.25, -0.2) is 0 Å². The summed E-state index contributed by atoms with van der Waals surface area (Å²) in [7, 11) is 5.77. The number of piperidine rings is 1. The lowest BCUT2D eigenvalue weighted by Crippen LogP contribution is -2.43. The molecule has 0 spiro atoms. The number of halogens is 3. The molecule has 2 aromatic carbocycles. The van der Waals surface area contributed by atoms with Crippen LogP contribution in [0.25, 0.3) is 5.57 Å². The molecule has 1 amide bonds. The van der Waals surface area contributed by atoms with E-state index >= 15 is 0 Å². The van der Waals surface area contributed by atoms with Crippen molar-refractivity contribution in [3.05, 3.63) is 89.5 Å². The third-order valence-electron chi connectivity index (χ3n) is 8.64. The standard InChI is InChI=1S/C30H35F3NO2P.C4H10O.C4H8/c1-5-19(3)27-24(20-6-9-22(37)10-7-20)17-25(28(27)29(35)34-14-12-18(2)13-15-34)23-11-8-21(30(31,32)33)16-26(23)36-4;1-3-4-5-2;1-3-4-2/h5-11,16-18,24,27-28H,12-15,37H2,1-4H3;3-4H2,1-2H3;3H,1,4H2,2H3/b19-5+;;. The van der Waals surface area contributed by atoms with Crippen molar-refractivity contribution >= 4 is 26.0 Å². The molecule has 0 radical (unpaired) electrons. The first-order chi connectivity index (χ1) is 21.9. The van der Waals surface area contributed by atoms with Crippen LogP contribution in [0.3, 0.4) is 0 Å². The van der Waals surface area contributed by atoms with Gasteiger partial charge in [0.15, 0.2) is 0 Å². The second-order valence-corrected chi connectivity index (χ2v) is 12.6. The molecule has 4 nitrogen and oxygen atoms in total. The van der Waals surface area contributed by atoms with Crippen LogP contribution in [-0.2, 0) is 15.7 Å². The highest BCUT2D eigenvalue weighted by Gasteiger charge is 2.46. The Morgan fingerprint density at radius 2 is 1.70 bits per heavy atom. The topological polar surface area (TPSA) is 38.8 Å². The SMILES string of the molecule is C/C=C(\C)C1C(C(=O)N2CCC(C)CC2)C(c2ccc(C(F)(F)F)cc2OC)=CC1c1ccc(P)cc1.C=CCC.CCCOC. The fourth-order valence-electron chi connectivity index (χ4n) is 5.84. The maximum Gasteiger partial charge on any atom is 0.416 e. The van der Waals surface area contributed by atoms with Crippen LogP contribution < -0.4 is 10.0 Å². The lowest BCUT2D eigenvalue weighted by Gasteiger charge is -2.36. The number of likely N-dealkylation sites (tertiary alicyclic amines) is 1. The van der Waals surface area contributed by atoms with E-state index in [1.165, 1.54) is 13.2 Å². The molecular weight excluding hydrogens is 606 g/mol. The molecule has 4 atom stereocenters. The predicted molar refractivity (Wildman–Crippen MR) is 189 cm³/mol. The highest BCUT2D eigenvalue weighted by atomic mass is 31.0. The number of allylic oxidation sites excluding steroid dienone is 4. The van der Waals surface area contributed by atoms with Gasteiger partial charge in [0.05, 0.1) is 18.6 Å². The van der Waals surface area contributed by atoms with E-state index in [0.717, 1.165) is 66.4 Å². The van der Waals surface area contributed by atoms with E-state index in [2.05, 4.69) is 54.8 Å². The quantitative estimate of drug-likeness (QED) is 0.209. The molecule has 0 aromatic heterocycles. The van der Waals surface area contributed by atoms with Gasteiger partial charge in [-0.1, -0.05) is 74.9 Å². The molecule has 0 bridgehead atoms. The second kappa shape index (κ2) is 19.1. The number of benzene rings is 2. The minimum atomic E-state index is -4.48. The van der Waals surface area contributed by atoms with Crippen LogP contribution in [0.5, 0.6) is 5.75 Å². The molecule has 0 N–H and O–H groups in total. The molecule has 8 heteroatoms. The molecule has 254 valence electrons. The molecule has 4 unspecified atom stereocenters. The van der Waals surface area contributed by atoms with Gasteiger partial charge in [-0.05, 0) is 74.0 Å². The van der Waals surface area contributed by atoms with Crippen molar-refractivity contribution in [2.45, 2.75) is 72.4 Å². The van der Waals surface area contributed by atoms with Crippen molar-refractivity contribution in [3.63, 3.8) is 0 Å². The largest absolute Gasteiger partial charge is 0.496 e. The smallest absolute Gasteiger partial charge is 0.416 e. The normalized spacial score (nSPS) is 20.2. The van der Waals surface area contributed by atoms with Gasteiger partial charge in [-0.3, -0.25) is 4.79 Å². The van der Waals surface area contributed by atoms with Gasteiger partial charge >= 0.3 is 6.18 Å². The van der Waals surface area contributed by atoms with Gasteiger partial charge in [0.1, 0.15) is 5.75 Å². The zero-order valence-corrected chi connectivity index (χ0v) is 29.8. The molecule has 2 aliphatic rings. The number of hydrogen-bond donors (Lipinski definition) is 0. The number of hydrogen-bond acceptors (Lipinski definition) is 3. The second-order valence-electron chi connectivity index (χ2n) is 12.0. The van der Waals surface area contributed by atoms with Gasteiger partial charge in [0.2, 0.25) is 5.91 Å². The first-order valence-corrected chi connectivity index (χ1v) is 16.8. The van der Waals surface area contributed by atoms with Gasteiger partial charge < -0.3 is 14.4 Å². The number of carbonyl (C=O) groups excluding carboxylic acids is 1. The third kappa shape index (κ3) is 10.6. The van der Waals surface area contributed by atoms with E-state index in [0.29, 0.717) is 24.6 Å². The molecule has 0 saturated carbocycles. The molecule has 1 aliphatic carbocycles. The number of rotatable bonds is 8. The number of carbonyl (C=O) groups is 1. The molecule has 4 rings (SSSR count). The molecule has 1 aliphatic heterocycles. The summed E-state index contributed by atoms with van der Waals surface area (Å²) in [6, 6.07) is 11.8. The molecular formula is C38H53F3NO3P. The first kappa shape index (κ1) is 39.3. The molecule has 1 saturated heterocycles. The monoisotopic (exact) mass is 659 g/mol. The van der Waals surface area contributed by atoms with E-state index in [1.807, 2.05) is 43.0 Å². The number of alkyl halides is 3. The van der Waals surface area contributed by atoms with E-state index in [9.17, 15) is 18.0 Å². The Morgan fingerprint density at radius 3 is 2.15 bits per heavy atom. The summed E-state index contributed by atoms with van der Waals surface area (Å²) in [5, 5.41) is 1.06. The van der Waals surface area contributed by atoms with Crippen LogP contribution in [0.1, 0.15) is 82.9 Å². The maximum absolute atomic E-state index is 14.2. The fraction of sp³-hybridized carbons (Fsp3) is 0.500. The third-order valence-corrected chi connectivity index (χ3v) is 9.03. The van der Waals surface area contributed by atoms with Crippen molar-refractivity contribution in [3.8, 4) is 5.75 Å². The van der Waals surface area contributed by atoms with Gasteiger partial charge in [-0.2, -0.15) is 13.2 Å². The lowest BCUT2D eigenvalue weighted by atomic mass is 9.76. The summed E-state index contributed by atoms with van der Waals surface area (Å²) >= 11 is 0. The Bertz CT molecular complexity index is 1310. The summed E-state index contributed by atoms with van der Waals surface area (Å²) < 4.78 is 50.6. The Labute approximate surface area is 277 Å². The number of ether oxygens (including phenoxy) is 2. The Morgan fingerprint density at radius 1 is 1.09 bits per heavy atom. The molecule has 46 heavy (non-hydrogen) atoms. The number of methoxy groups -OCH3 is 2. The van der Waals surface area contributed by atoms with Crippen LogP contribution in [-0.4, -0.2) is 44.7 Å². The highest BCUT2D eigenvalue weighted by molar-refractivity contribution is 7.27. The Hall–Kier alpha value is -2.89. The van der Waals surface area contributed by atoms with Crippen LogP contribution >= 0.6 is 9.24 Å². The average Bonchev–Trinajstić information content (AvgIpc) is 3.45. The molecule has 1 fully saturated rings. The van der Waals surface area contributed by atoms with Crippen LogP contribution in [0, 0.1) is 17.8 Å². The van der Waals surface area contributed by atoms with Gasteiger partial charge in [-0.15, -0.1) is 15.8 Å². The van der Waals surface area contributed by atoms with E-state index in [-0.39, 0.29) is 23.5 Å². The van der Waals surface area contributed by atoms with Gasteiger partial charge in [0.25, 0.3) is 0 Å². The first-order valence-electron chi connectivity index (χ1n) is 16.2. The summed E-state index contributed by atoms with van der Waals surface area (Å²) in [4.78, 5) is 16.2.